The highest BCUT2D eigenvalue weighted by molar-refractivity contribution is 7.91. The van der Waals surface area contributed by atoms with E-state index in [-0.39, 0.29) is 0 Å². The van der Waals surface area contributed by atoms with E-state index in [1.165, 1.54) is 15.6 Å². The van der Waals surface area contributed by atoms with Gasteiger partial charge in [0, 0.05) is 51.5 Å². The highest BCUT2D eigenvalue weighted by Gasteiger charge is 2.29. The summed E-state index contributed by atoms with van der Waals surface area (Å²) in [6.45, 7) is 4.62. The number of aliphatic imine (C=N–C) groups is 1. The van der Waals surface area contributed by atoms with Crippen LogP contribution in [-0.4, -0.2) is 67.4 Å². The van der Waals surface area contributed by atoms with Gasteiger partial charge >= 0.3 is 0 Å². The van der Waals surface area contributed by atoms with Crippen molar-refractivity contribution in [3.8, 4) is 0 Å². The standard InChI is InChI=1S/C18H28N6O2S2/c1-14-7-9-23(12-16(14)24-10-8-20-13-24)18(19-2)21-11-15-5-6-17(27-15)28(25,26)22(3)4/h5-6,8,10,13-14,16H,7,9,11-12H2,1-4H3,(H,19,21). The van der Waals surface area contributed by atoms with E-state index in [9.17, 15) is 8.42 Å². The maximum Gasteiger partial charge on any atom is 0.252 e. The monoisotopic (exact) mass is 424 g/mol. The molecule has 0 aromatic carbocycles. The summed E-state index contributed by atoms with van der Waals surface area (Å²) >= 11 is 1.29. The van der Waals surface area contributed by atoms with Crippen molar-refractivity contribution in [1.82, 2.24) is 24.1 Å². The summed E-state index contributed by atoms with van der Waals surface area (Å²) in [6.07, 6.45) is 6.78. The Kier molecular flexibility index (Phi) is 6.41. The first-order chi connectivity index (χ1) is 13.3. The van der Waals surface area contributed by atoms with E-state index >= 15 is 0 Å². The molecular formula is C18H28N6O2S2. The molecule has 0 aliphatic carbocycles. The van der Waals surface area contributed by atoms with Crippen molar-refractivity contribution in [2.75, 3.05) is 34.2 Å². The number of likely N-dealkylation sites (tertiary alicyclic amines) is 1. The van der Waals surface area contributed by atoms with E-state index in [1.54, 1.807) is 27.2 Å². The summed E-state index contributed by atoms with van der Waals surface area (Å²) in [5, 5.41) is 3.38. The van der Waals surface area contributed by atoms with Gasteiger partial charge in [-0.05, 0) is 24.5 Å². The lowest BCUT2D eigenvalue weighted by Gasteiger charge is -2.39. The fourth-order valence-corrected chi connectivity index (χ4v) is 5.83. The Bertz CT molecular complexity index is 904. The summed E-state index contributed by atoms with van der Waals surface area (Å²) in [4.78, 5) is 11.8. The number of aromatic nitrogens is 2. The second kappa shape index (κ2) is 8.62. The van der Waals surface area contributed by atoms with Crippen molar-refractivity contribution < 1.29 is 8.42 Å². The number of thiophene rings is 1. The molecule has 1 N–H and O–H groups in total. The zero-order chi connectivity index (χ0) is 20.3. The second-order valence-corrected chi connectivity index (χ2v) is 10.7. The number of hydrogen-bond donors (Lipinski definition) is 1. The van der Waals surface area contributed by atoms with Crippen LogP contribution in [0.25, 0.3) is 0 Å². The molecule has 1 aliphatic rings. The number of sulfonamides is 1. The summed E-state index contributed by atoms with van der Waals surface area (Å²) in [5.74, 6) is 1.40. The lowest BCUT2D eigenvalue weighted by atomic mass is 9.93. The van der Waals surface area contributed by atoms with Crippen LogP contribution in [0.2, 0.25) is 0 Å². The van der Waals surface area contributed by atoms with Crippen molar-refractivity contribution in [2.45, 2.75) is 30.1 Å². The molecule has 0 amide bonds. The van der Waals surface area contributed by atoms with Crippen molar-refractivity contribution >= 4 is 27.3 Å². The number of piperidine rings is 1. The minimum absolute atomic E-state index is 0.355. The zero-order valence-corrected chi connectivity index (χ0v) is 18.4. The van der Waals surface area contributed by atoms with E-state index in [1.807, 2.05) is 24.8 Å². The molecule has 0 spiro atoms. The van der Waals surface area contributed by atoms with Gasteiger partial charge < -0.3 is 14.8 Å². The lowest BCUT2D eigenvalue weighted by Crippen LogP contribution is -2.48. The Morgan fingerprint density at radius 1 is 1.43 bits per heavy atom. The van der Waals surface area contributed by atoms with Crippen LogP contribution < -0.4 is 5.32 Å². The molecule has 3 rings (SSSR count). The van der Waals surface area contributed by atoms with Gasteiger partial charge in [-0.3, -0.25) is 4.99 Å². The third-order valence-electron chi connectivity index (χ3n) is 5.13. The summed E-state index contributed by atoms with van der Waals surface area (Å²) < 4.78 is 28.2. The lowest BCUT2D eigenvalue weighted by molar-refractivity contribution is 0.189. The maximum absolute atomic E-state index is 12.2. The zero-order valence-electron chi connectivity index (χ0n) is 16.7. The van der Waals surface area contributed by atoms with E-state index < -0.39 is 10.0 Å². The molecular weight excluding hydrogens is 396 g/mol. The molecule has 0 radical (unpaired) electrons. The van der Waals surface area contributed by atoms with Crippen LogP contribution in [0.3, 0.4) is 0 Å². The minimum atomic E-state index is -3.38. The number of hydrogen-bond acceptors (Lipinski definition) is 5. The summed E-state index contributed by atoms with van der Waals surface area (Å²) in [6, 6.07) is 3.87. The molecule has 2 aromatic rings. The fraction of sp³-hybridized carbons (Fsp3) is 0.556. The molecule has 1 fully saturated rings. The van der Waals surface area contributed by atoms with Crippen LogP contribution in [0.5, 0.6) is 0 Å². The average molecular weight is 425 g/mol. The summed E-state index contributed by atoms with van der Waals surface area (Å²) in [7, 11) is 1.49. The number of guanidine groups is 1. The Morgan fingerprint density at radius 2 is 2.21 bits per heavy atom. The molecule has 3 heterocycles. The topological polar surface area (TPSA) is 82.8 Å². The van der Waals surface area contributed by atoms with E-state index in [0.29, 0.717) is 22.7 Å². The van der Waals surface area contributed by atoms with Gasteiger partial charge in [-0.1, -0.05) is 6.92 Å². The molecule has 10 heteroatoms. The Labute approximate surface area is 171 Å². The number of imidazole rings is 1. The maximum atomic E-state index is 12.2. The highest BCUT2D eigenvalue weighted by Crippen LogP contribution is 2.28. The molecule has 2 atom stereocenters. The van der Waals surface area contributed by atoms with Gasteiger partial charge in [0.2, 0.25) is 0 Å². The number of rotatable bonds is 5. The van der Waals surface area contributed by atoms with Crippen molar-refractivity contribution in [1.29, 1.82) is 0 Å². The average Bonchev–Trinajstić information content (AvgIpc) is 3.35. The van der Waals surface area contributed by atoms with Gasteiger partial charge in [-0.25, -0.2) is 17.7 Å². The van der Waals surface area contributed by atoms with Crippen LogP contribution in [0.1, 0.15) is 24.3 Å². The quantitative estimate of drug-likeness (QED) is 0.585. The van der Waals surface area contributed by atoms with Crippen LogP contribution in [0.4, 0.5) is 0 Å². The molecule has 0 bridgehead atoms. The van der Waals surface area contributed by atoms with Crippen LogP contribution in [-0.2, 0) is 16.6 Å². The Morgan fingerprint density at radius 3 is 2.86 bits per heavy atom. The smallest absolute Gasteiger partial charge is 0.252 e. The van der Waals surface area contributed by atoms with Crippen molar-refractivity contribution in [3.05, 3.63) is 35.7 Å². The number of nitrogens with zero attached hydrogens (tertiary/aromatic N) is 5. The van der Waals surface area contributed by atoms with Gasteiger partial charge in [0.25, 0.3) is 10.0 Å². The first-order valence-electron chi connectivity index (χ1n) is 9.27. The number of nitrogens with one attached hydrogen (secondary N) is 1. The Hall–Kier alpha value is -1.91. The van der Waals surface area contributed by atoms with Gasteiger partial charge in [0.05, 0.1) is 18.9 Å². The van der Waals surface area contributed by atoms with Crippen LogP contribution >= 0.6 is 11.3 Å². The van der Waals surface area contributed by atoms with E-state index in [4.69, 9.17) is 0 Å². The molecule has 1 saturated heterocycles. The third kappa shape index (κ3) is 4.39. The molecule has 2 unspecified atom stereocenters. The first-order valence-corrected chi connectivity index (χ1v) is 11.5. The van der Waals surface area contributed by atoms with Gasteiger partial charge in [0.1, 0.15) is 4.21 Å². The van der Waals surface area contributed by atoms with Crippen LogP contribution in [0, 0.1) is 5.92 Å². The Balaban J connectivity index is 1.64. The highest BCUT2D eigenvalue weighted by atomic mass is 32.2. The van der Waals surface area contributed by atoms with Crippen molar-refractivity contribution in [3.63, 3.8) is 0 Å². The largest absolute Gasteiger partial charge is 0.351 e. The molecule has 154 valence electrons. The van der Waals surface area contributed by atoms with Gasteiger partial charge in [-0.2, -0.15) is 0 Å². The van der Waals surface area contributed by atoms with Crippen molar-refractivity contribution in [2.24, 2.45) is 10.9 Å². The fourth-order valence-electron chi connectivity index (χ4n) is 3.37. The van der Waals surface area contributed by atoms with Crippen LogP contribution in [0.15, 0.2) is 40.1 Å². The molecule has 2 aromatic heterocycles. The SMILES string of the molecule is CN=C(NCc1ccc(S(=O)(=O)N(C)C)s1)N1CCC(C)C(n2ccnc2)C1. The predicted octanol–water partition coefficient (Wildman–Crippen LogP) is 1.85. The van der Waals surface area contributed by atoms with Gasteiger partial charge in [-0.15, -0.1) is 11.3 Å². The predicted molar refractivity (Wildman–Crippen MR) is 112 cm³/mol. The van der Waals surface area contributed by atoms with E-state index in [0.717, 1.165) is 30.3 Å². The van der Waals surface area contributed by atoms with E-state index in [2.05, 4.69) is 31.7 Å². The molecule has 0 saturated carbocycles. The molecule has 28 heavy (non-hydrogen) atoms. The summed E-state index contributed by atoms with van der Waals surface area (Å²) in [5.41, 5.74) is 0. The van der Waals surface area contributed by atoms with Gasteiger partial charge in [0.15, 0.2) is 5.96 Å². The second-order valence-electron chi connectivity index (χ2n) is 7.20. The minimum Gasteiger partial charge on any atom is -0.351 e. The normalized spacial score (nSPS) is 21.3. The third-order valence-corrected chi connectivity index (χ3v) is 8.50. The molecule has 8 nitrogen and oxygen atoms in total. The first kappa shape index (κ1) is 20.8. The molecule has 1 aliphatic heterocycles.